The lowest BCUT2D eigenvalue weighted by Crippen LogP contribution is -2.15. The van der Waals surface area contributed by atoms with E-state index in [0.29, 0.717) is 5.56 Å². The maximum Gasteiger partial charge on any atom is 0.359 e. The second-order valence-electron chi connectivity index (χ2n) is 5.88. The Morgan fingerprint density at radius 2 is 1.93 bits per heavy atom. The normalized spacial score (nSPS) is 11.5. The predicted molar refractivity (Wildman–Crippen MR) is 98.0 cm³/mol. The topological polar surface area (TPSA) is 121 Å². The van der Waals surface area contributed by atoms with Gasteiger partial charge >= 0.3 is 5.97 Å². The van der Waals surface area contributed by atoms with Gasteiger partial charge in [0.15, 0.2) is 5.69 Å². The third-order valence-corrected chi connectivity index (χ3v) is 4.82. The molecule has 8 nitrogen and oxygen atoms in total. The molecule has 1 aromatic heterocycles. The van der Waals surface area contributed by atoms with Crippen LogP contribution >= 0.6 is 0 Å². The van der Waals surface area contributed by atoms with Crippen molar-refractivity contribution in [3.05, 3.63) is 59.3 Å². The number of aryl methyl sites for hydroxylation is 1. The molecule has 0 saturated carbocycles. The Kier molecular flexibility index (Phi) is 4.81. The standard InChI is InChI=1S/C18H17N3O5S/c1-3-26-18(23)16-14-10-13(27(19,24)25)7-8-15(14)21(20-16)17(22)12-6-4-5-11(2)9-12/h4-10H,3H2,1-2H3,(H2,19,24,25). The van der Waals surface area contributed by atoms with E-state index in [4.69, 9.17) is 9.88 Å². The zero-order valence-electron chi connectivity index (χ0n) is 14.7. The van der Waals surface area contributed by atoms with Crippen LogP contribution in [0.15, 0.2) is 47.4 Å². The molecule has 0 aliphatic rings. The van der Waals surface area contributed by atoms with Crippen LogP contribution in [0.25, 0.3) is 10.9 Å². The molecule has 0 atom stereocenters. The summed E-state index contributed by atoms with van der Waals surface area (Å²) < 4.78 is 29.3. The van der Waals surface area contributed by atoms with Crippen LogP contribution < -0.4 is 5.14 Å². The van der Waals surface area contributed by atoms with Gasteiger partial charge in [-0.15, -0.1) is 0 Å². The molecule has 9 heteroatoms. The molecule has 140 valence electrons. The Hall–Kier alpha value is -3.04. The van der Waals surface area contributed by atoms with Crippen LogP contribution in [0.3, 0.4) is 0 Å². The van der Waals surface area contributed by atoms with Crippen molar-refractivity contribution in [1.82, 2.24) is 9.78 Å². The lowest BCUT2D eigenvalue weighted by molar-refractivity contribution is 0.0521. The number of ether oxygens (including phenoxy) is 1. The second kappa shape index (κ2) is 6.93. The van der Waals surface area contributed by atoms with E-state index in [0.717, 1.165) is 10.2 Å². The number of nitrogens with two attached hydrogens (primary N) is 1. The molecule has 0 fully saturated rings. The minimum atomic E-state index is -3.99. The first-order valence-corrected chi connectivity index (χ1v) is 9.61. The SMILES string of the molecule is CCOC(=O)c1nn(C(=O)c2cccc(C)c2)c2ccc(S(N)(=O)=O)cc12. The Labute approximate surface area is 155 Å². The molecule has 3 aromatic rings. The maximum absolute atomic E-state index is 12.9. The molecule has 2 N–H and O–H groups in total. The average Bonchev–Trinajstić information content (AvgIpc) is 2.99. The summed E-state index contributed by atoms with van der Waals surface area (Å²) in [5, 5.41) is 9.43. The Bertz CT molecular complexity index is 1160. The van der Waals surface area contributed by atoms with Crippen molar-refractivity contribution >= 4 is 32.8 Å². The molecule has 0 saturated heterocycles. The molecule has 0 unspecified atom stereocenters. The fourth-order valence-electron chi connectivity index (χ4n) is 2.68. The van der Waals surface area contributed by atoms with E-state index in [9.17, 15) is 18.0 Å². The number of carbonyl (C=O) groups excluding carboxylic acids is 2. The summed E-state index contributed by atoms with van der Waals surface area (Å²) in [6.07, 6.45) is 0. The van der Waals surface area contributed by atoms with Gasteiger partial charge in [-0.05, 0) is 44.2 Å². The van der Waals surface area contributed by atoms with E-state index in [-0.39, 0.29) is 28.1 Å². The van der Waals surface area contributed by atoms with E-state index in [2.05, 4.69) is 5.10 Å². The molecule has 3 rings (SSSR count). The summed E-state index contributed by atoms with van der Waals surface area (Å²) in [6.45, 7) is 3.58. The molecule has 0 radical (unpaired) electrons. The predicted octanol–water partition coefficient (Wildman–Crippen LogP) is 1.86. The number of benzene rings is 2. The van der Waals surface area contributed by atoms with Gasteiger partial charge in [-0.3, -0.25) is 4.79 Å². The van der Waals surface area contributed by atoms with Crippen molar-refractivity contribution in [3.63, 3.8) is 0 Å². The summed E-state index contributed by atoms with van der Waals surface area (Å²) in [6, 6.07) is 10.8. The van der Waals surface area contributed by atoms with Crippen LogP contribution in [0.2, 0.25) is 0 Å². The molecule has 0 amide bonds. The monoisotopic (exact) mass is 387 g/mol. The molecule has 0 aliphatic carbocycles. The van der Waals surface area contributed by atoms with Gasteiger partial charge in [-0.2, -0.15) is 9.78 Å². The molecule has 0 aliphatic heterocycles. The second-order valence-corrected chi connectivity index (χ2v) is 7.44. The Morgan fingerprint density at radius 3 is 2.56 bits per heavy atom. The van der Waals surface area contributed by atoms with E-state index >= 15 is 0 Å². The molecule has 0 bridgehead atoms. The third kappa shape index (κ3) is 3.60. The number of nitrogens with zero attached hydrogens (tertiary/aromatic N) is 2. The number of carbonyl (C=O) groups is 2. The first-order valence-electron chi connectivity index (χ1n) is 8.06. The van der Waals surface area contributed by atoms with Gasteiger partial charge < -0.3 is 4.74 Å². The molecule has 1 heterocycles. The largest absolute Gasteiger partial charge is 0.461 e. The molecule has 2 aromatic carbocycles. The van der Waals surface area contributed by atoms with Gasteiger partial charge in [0.1, 0.15) is 0 Å². The van der Waals surface area contributed by atoms with Crippen molar-refractivity contribution in [3.8, 4) is 0 Å². The smallest absolute Gasteiger partial charge is 0.359 e. The number of esters is 1. The number of fused-ring (bicyclic) bond motifs is 1. The highest BCUT2D eigenvalue weighted by atomic mass is 32.2. The van der Waals surface area contributed by atoms with Crippen LogP contribution in [0.1, 0.15) is 33.3 Å². The first kappa shape index (κ1) is 18.7. The number of primary sulfonamides is 1. The highest BCUT2D eigenvalue weighted by molar-refractivity contribution is 7.89. The maximum atomic E-state index is 12.9. The zero-order valence-corrected chi connectivity index (χ0v) is 15.5. The van der Waals surface area contributed by atoms with E-state index in [1.165, 1.54) is 18.2 Å². The number of aromatic nitrogens is 2. The Balaban J connectivity index is 2.24. The Morgan fingerprint density at radius 1 is 1.19 bits per heavy atom. The lowest BCUT2D eigenvalue weighted by Gasteiger charge is -2.04. The fourth-order valence-corrected chi connectivity index (χ4v) is 3.22. The van der Waals surface area contributed by atoms with Crippen molar-refractivity contribution in [2.75, 3.05) is 6.61 Å². The summed E-state index contributed by atoms with van der Waals surface area (Å²) in [5.74, 6) is -1.22. The molecular formula is C18H17N3O5S. The minimum Gasteiger partial charge on any atom is -0.461 e. The van der Waals surface area contributed by atoms with E-state index in [1.807, 2.05) is 13.0 Å². The van der Waals surface area contributed by atoms with E-state index in [1.54, 1.807) is 25.1 Å². The van der Waals surface area contributed by atoms with E-state index < -0.39 is 21.9 Å². The van der Waals surface area contributed by atoms with Gasteiger partial charge in [0.25, 0.3) is 5.91 Å². The van der Waals surface area contributed by atoms with Gasteiger partial charge in [0, 0.05) is 10.9 Å². The van der Waals surface area contributed by atoms with Gasteiger partial charge in [0.05, 0.1) is 17.0 Å². The minimum absolute atomic E-state index is 0.105. The zero-order chi connectivity index (χ0) is 19.8. The van der Waals surface area contributed by atoms with Gasteiger partial charge in [-0.1, -0.05) is 17.7 Å². The van der Waals surface area contributed by atoms with Crippen molar-refractivity contribution < 1.29 is 22.7 Å². The summed E-state index contributed by atoms with van der Waals surface area (Å²) in [4.78, 5) is 25.0. The number of hydrogen-bond donors (Lipinski definition) is 1. The lowest BCUT2D eigenvalue weighted by atomic mass is 10.1. The van der Waals surface area contributed by atoms with Crippen molar-refractivity contribution in [2.24, 2.45) is 5.14 Å². The average molecular weight is 387 g/mol. The first-order chi connectivity index (χ1) is 12.7. The van der Waals surface area contributed by atoms with Gasteiger partial charge in [0.2, 0.25) is 10.0 Å². The summed E-state index contributed by atoms with van der Waals surface area (Å²) in [7, 11) is -3.99. The van der Waals surface area contributed by atoms with Crippen LogP contribution in [0.4, 0.5) is 0 Å². The highest BCUT2D eigenvalue weighted by Crippen LogP contribution is 2.24. The highest BCUT2D eigenvalue weighted by Gasteiger charge is 2.24. The van der Waals surface area contributed by atoms with Crippen LogP contribution in [0, 0.1) is 6.92 Å². The van der Waals surface area contributed by atoms with Crippen molar-refractivity contribution in [1.29, 1.82) is 0 Å². The van der Waals surface area contributed by atoms with Crippen LogP contribution in [-0.4, -0.2) is 36.7 Å². The molecule has 27 heavy (non-hydrogen) atoms. The van der Waals surface area contributed by atoms with Crippen molar-refractivity contribution in [2.45, 2.75) is 18.7 Å². The molecule has 0 spiro atoms. The quantitative estimate of drug-likeness (QED) is 0.682. The van der Waals surface area contributed by atoms with Crippen LogP contribution in [0.5, 0.6) is 0 Å². The number of sulfonamides is 1. The third-order valence-electron chi connectivity index (χ3n) is 3.91. The summed E-state index contributed by atoms with van der Waals surface area (Å²) in [5.41, 5.74) is 1.39. The number of hydrogen-bond acceptors (Lipinski definition) is 6. The summed E-state index contributed by atoms with van der Waals surface area (Å²) >= 11 is 0. The molecular weight excluding hydrogens is 370 g/mol. The number of rotatable bonds is 4. The fraction of sp³-hybridized carbons (Fsp3) is 0.167. The van der Waals surface area contributed by atoms with Gasteiger partial charge in [-0.25, -0.2) is 18.4 Å². The van der Waals surface area contributed by atoms with Crippen LogP contribution in [-0.2, 0) is 14.8 Å².